The van der Waals surface area contributed by atoms with Crippen LogP contribution in [0.25, 0.3) is 0 Å². The van der Waals surface area contributed by atoms with Crippen molar-refractivity contribution in [2.45, 2.75) is 26.8 Å². The van der Waals surface area contributed by atoms with Crippen molar-refractivity contribution in [2.24, 2.45) is 4.99 Å². The molecule has 0 aliphatic rings. The van der Waals surface area contributed by atoms with Crippen molar-refractivity contribution < 1.29 is 17.9 Å². The molecule has 0 fully saturated rings. The number of rotatable bonds is 7. The fourth-order valence-corrected chi connectivity index (χ4v) is 2.46. The second-order valence-corrected chi connectivity index (χ2v) is 6.39. The molecule has 0 radical (unpaired) electrons. The maximum absolute atomic E-state index is 12.3. The van der Waals surface area contributed by atoms with E-state index in [-0.39, 0.29) is 5.75 Å². The lowest BCUT2D eigenvalue weighted by molar-refractivity contribution is -0.274. The van der Waals surface area contributed by atoms with E-state index in [1.54, 1.807) is 18.5 Å². The Morgan fingerprint density at radius 3 is 2.67 bits per heavy atom. The van der Waals surface area contributed by atoms with E-state index in [2.05, 4.69) is 15.0 Å². The lowest BCUT2D eigenvalue weighted by Crippen LogP contribution is -2.17. The maximum atomic E-state index is 12.3. The van der Waals surface area contributed by atoms with Gasteiger partial charge >= 0.3 is 6.36 Å². The van der Waals surface area contributed by atoms with Gasteiger partial charge in [0.1, 0.15) is 5.75 Å². The molecule has 0 bridgehead atoms. The van der Waals surface area contributed by atoms with Crippen LogP contribution in [0.3, 0.4) is 0 Å². The topological polar surface area (TPSA) is 36.9 Å². The molecule has 8 heteroatoms. The van der Waals surface area contributed by atoms with Crippen molar-refractivity contribution in [1.82, 2.24) is 4.90 Å². The smallest absolute Gasteiger partial charge is 0.406 e. The summed E-state index contributed by atoms with van der Waals surface area (Å²) >= 11 is 6.29. The largest absolute Gasteiger partial charge is 0.573 e. The number of alkyl halides is 3. The number of hydrogen-bond donors (Lipinski definition) is 1. The summed E-state index contributed by atoms with van der Waals surface area (Å²) < 4.78 is 40.9. The van der Waals surface area contributed by atoms with Crippen molar-refractivity contribution in [3.05, 3.63) is 52.5 Å². The molecule has 2 aromatic rings. The number of anilines is 1. The zero-order chi connectivity index (χ0) is 20.0. The van der Waals surface area contributed by atoms with E-state index in [1.807, 2.05) is 31.9 Å². The molecule has 0 aromatic heterocycles. The van der Waals surface area contributed by atoms with E-state index in [9.17, 15) is 13.2 Å². The van der Waals surface area contributed by atoms with E-state index in [0.717, 1.165) is 17.8 Å². The van der Waals surface area contributed by atoms with Gasteiger partial charge in [0, 0.05) is 25.8 Å². The Balaban J connectivity index is 2.09. The molecular weight excluding hydrogens is 379 g/mol. The number of aliphatic imine (C=N–C) groups is 1. The summed E-state index contributed by atoms with van der Waals surface area (Å²) in [5.74, 6) is -0.249. The monoisotopic (exact) mass is 399 g/mol. The molecule has 0 saturated carbocycles. The standard InChI is InChI=1S/C19H21ClF3N3O/c1-4-26(3)12-25-18-8-13(2)17(10-16(18)20)24-11-14-6-5-7-15(9-14)27-19(21,22)23/h5-10,12,24H,4,11H2,1-3H3. The van der Waals surface area contributed by atoms with Crippen LogP contribution >= 0.6 is 11.6 Å². The van der Waals surface area contributed by atoms with E-state index >= 15 is 0 Å². The molecule has 0 saturated heterocycles. The van der Waals surface area contributed by atoms with Gasteiger partial charge in [0.2, 0.25) is 0 Å². The van der Waals surface area contributed by atoms with Crippen molar-refractivity contribution in [3.8, 4) is 5.75 Å². The van der Waals surface area contributed by atoms with E-state index < -0.39 is 6.36 Å². The van der Waals surface area contributed by atoms with Gasteiger partial charge in [-0.3, -0.25) is 0 Å². The molecule has 2 rings (SSSR count). The number of nitrogens with zero attached hydrogens (tertiary/aromatic N) is 2. The molecule has 0 heterocycles. The molecule has 0 amide bonds. The summed E-state index contributed by atoms with van der Waals surface area (Å²) in [4.78, 5) is 6.28. The fraction of sp³-hybridized carbons (Fsp3) is 0.316. The first kappa shape index (κ1) is 20.9. The Morgan fingerprint density at radius 1 is 1.26 bits per heavy atom. The summed E-state index contributed by atoms with van der Waals surface area (Å²) in [6.45, 7) is 5.08. The third-order valence-electron chi connectivity index (χ3n) is 3.80. The normalized spacial score (nSPS) is 11.7. The second kappa shape index (κ2) is 8.99. The van der Waals surface area contributed by atoms with E-state index in [4.69, 9.17) is 11.6 Å². The van der Waals surface area contributed by atoms with E-state index in [1.165, 1.54) is 18.2 Å². The number of halogens is 4. The molecule has 4 nitrogen and oxygen atoms in total. The fourth-order valence-electron chi connectivity index (χ4n) is 2.25. The van der Waals surface area contributed by atoms with Gasteiger partial charge in [-0.1, -0.05) is 23.7 Å². The minimum Gasteiger partial charge on any atom is -0.406 e. The van der Waals surface area contributed by atoms with Crippen LogP contribution in [0.4, 0.5) is 24.5 Å². The number of hydrogen-bond acceptors (Lipinski definition) is 3. The molecule has 0 aliphatic heterocycles. The Kier molecular flexibility index (Phi) is 6.96. The average molecular weight is 400 g/mol. The van der Waals surface area contributed by atoms with Crippen LogP contribution in [0, 0.1) is 6.92 Å². The molecular formula is C19H21ClF3N3O. The number of nitrogens with one attached hydrogen (secondary N) is 1. The number of benzene rings is 2. The van der Waals surface area contributed by atoms with Crippen LogP contribution in [0.5, 0.6) is 5.75 Å². The lowest BCUT2D eigenvalue weighted by atomic mass is 10.1. The maximum Gasteiger partial charge on any atom is 0.573 e. The molecule has 0 aliphatic carbocycles. The van der Waals surface area contributed by atoms with Gasteiger partial charge in [-0.2, -0.15) is 0 Å². The third kappa shape index (κ3) is 6.67. The predicted octanol–water partition coefficient (Wildman–Crippen LogP) is 5.77. The van der Waals surface area contributed by atoms with E-state index in [0.29, 0.717) is 22.8 Å². The third-order valence-corrected chi connectivity index (χ3v) is 4.10. The predicted molar refractivity (Wildman–Crippen MR) is 103 cm³/mol. The average Bonchev–Trinajstić information content (AvgIpc) is 2.59. The minimum atomic E-state index is -4.71. The lowest BCUT2D eigenvalue weighted by Gasteiger charge is -2.14. The summed E-state index contributed by atoms with van der Waals surface area (Å²) in [5.41, 5.74) is 3.01. The highest BCUT2D eigenvalue weighted by atomic mass is 35.5. The molecule has 27 heavy (non-hydrogen) atoms. The van der Waals surface area contributed by atoms with Crippen LogP contribution < -0.4 is 10.1 Å². The Labute approximate surface area is 161 Å². The Bertz CT molecular complexity index is 809. The van der Waals surface area contributed by atoms with Crippen LogP contribution in [0.15, 0.2) is 41.4 Å². The zero-order valence-corrected chi connectivity index (χ0v) is 16.0. The molecule has 0 spiro atoms. The first-order chi connectivity index (χ1) is 12.7. The van der Waals surface area contributed by atoms with Gasteiger partial charge in [0.25, 0.3) is 0 Å². The molecule has 1 N–H and O–H groups in total. The number of aryl methyl sites for hydroxylation is 1. The summed E-state index contributed by atoms with van der Waals surface area (Å²) in [7, 11) is 1.91. The summed E-state index contributed by atoms with van der Waals surface area (Å²) in [6.07, 6.45) is -3.00. The Hall–Kier alpha value is -2.41. The summed E-state index contributed by atoms with van der Waals surface area (Å²) in [6, 6.07) is 9.45. The van der Waals surface area contributed by atoms with Gasteiger partial charge in [-0.15, -0.1) is 13.2 Å². The molecule has 146 valence electrons. The SMILES string of the molecule is CCN(C)C=Nc1cc(C)c(NCc2cccc(OC(F)(F)F)c2)cc1Cl. The van der Waals surface area contributed by atoms with Gasteiger partial charge in [0.15, 0.2) is 0 Å². The molecule has 0 atom stereocenters. The molecule has 0 unspecified atom stereocenters. The van der Waals surface area contributed by atoms with Crippen molar-refractivity contribution >= 4 is 29.3 Å². The van der Waals surface area contributed by atoms with Gasteiger partial charge in [-0.25, -0.2) is 4.99 Å². The van der Waals surface area contributed by atoms with Gasteiger partial charge in [0.05, 0.1) is 17.0 Å². The van der Waals surface area contributed by atoms with Crippen LogP contribution in [0.2, 0.25) is 5.02 Å². The van der Waals surface area contributed by atoms with Crippen LogP contribution in [-0.2, 0) is 6.54 Å². The first-order valence-electron chi connectivity index (χ1n) is 8.31. The second-order valence-electron chi connectivity index (χ2n) is 5.99. The highest BCUT2D eigenvalue weighted by molar-refractivity contribution is 6.33. The van der Waals surface area contributed by atoms with Gasteiger partial charge in [-0.05, 0) is 49.2 Å². The quantitative estimate of drug-likeness (QED) is 0.474. The van der Waals surface area contributed by atoms with Crippen molar-refractivity contribution in [3.63, 3.8) is 0 Å². The number of ether oxygens (including phenoxy) is 1. The highest BCUT2D eigenvalue weighted by Gasteiger charge is 2.31. The van der Waals surface area contributed by atoms with Gasteiger partial charge < -0.3 is 15.0 Å². The van der Waals surface area contributed by atoms with Crippen molar-refractivity contribution in [2.75, 3.05) is 18.9 Å². The summed E-state index contributed by atoms with van der Waals surface area (Å²) in [5, 5.41) is 3.66. The molecule has 2 aromatic carbocycles. The first-order valence-corrected chi connectivity index (χ1v) is 8.69. The van der Waals surface area contributed by atoms with Crippen LogP contribution in [0.1, 0.15) is 18.1 Å². The van der Waals surface area contributed by atoms with Crippen molar-refractivity contribution in [1.29, 1.82) is 0 Å². The highest BCUT2D eigenvalue weighted by Crippen LogP contribution is 2.31. The van der Waals surface area contributed by atoms with Crippen LogP contribution in [-0.4, -0.2) is 31.2 Å². The zero-order valence-electron chi connectivity index (χ0n) is 15.3. The minimum absolute atomic E-state index is 0.249. The Morgan fingerprint density at radius 2 is 2.00 bits per heavy atom.